The van der Waals surface area contributed by atoms with Gasteiger partial charge in [-0.2, -0.15) is 0 Å². The number of benzene rings is 2. The molecule has 41 heavy (non-hydrogen) atoms. The average Bonchev–Trinajstić information content (AvgIpc) is 2.92. The molecule has 8 nitrogen and oxygen atoms in total. The molecule has 1 amide bonds. The van der Waals surface area contributed by atoms with E-state index in [1.54, 1.807) is 24.3 Å². The van der Waals surface area contributed by atoms with Crippen LogP contribution in [0.5, 0.6) is 0 Å². The minimum Gasteiger partial charge on any atom is -0.326 e. The zero-order chi connectivity index (χ0) is 29.6. The van der Waals surface area contributed by atoms with E-state index in [-0.39, 0.29) is 17.7 Å². The summed E-state index contributed by atoms with van der Waals surface area (Å²) in [6.45, 7) is 5.51. The first kappa shape index (κ1) is 31.7. The molecule has 2 fully saturated rings. The lowest BCUT2D eigenvalue weighted by atomic mass is 9.78. The van der Waals surface area contributed by atoms with E-state index in [1.165, 1.54) is 29.6 Å². The molecule has 0 bridgehead atoms. The summed E-state index contributed by atoms with van der Waals surface area (Å²) in [5.74, 6) is -0.848. The highest BCUT2D eigenvalue weighted by Gasteiger charge is 2.32. The monoisotopic (exact) mass is 610 g/mol. The molecule has 2 N–H and O–H groups in total. The lowest BCUT2D eigenvalue weighted by Gasteiger charge is -2.37. The number of piperidine rings is 2. The number of hydrogen-bond donors (Lipinski definition) is 2. The molecule has 226 valence electrons. The lowest BCUT2D eigenvalue weighted by Crippen LogP contribution is -2.40. The molecule has 2 saturated heterocycles. The Hall–Kier alpha value is -2.25. The fourth-order valence-corrected chi connectivity index (χ4v) is 7.76. The van der Waals surface area contributed by atoms with Crippen molar-refractivity contribution in [1.29, 1.82) is 0 Å². The van der Waals surface area contributed by atoms with Crippen molar-refractivity contribution < 1.29 is 26.2 Å². The number of anilines is 1. The molecule has 0 aliphatic carbocycles. The van der Waals surface area contributed by atoms with Crippen LogP contribution in [0.4, 0.5) is 14.5 Å². The van der Waals surface area contributed by atoms with Gasteiger partial charge in [0, 0.05) is 38.3 Å². The molecule has 2 unspecified atom stereocenters. The van der Waals surface area contributed by atoms with Gasteiger partial charge in [-0.15, -0.1) is 0 Å². The predicted octanol–water partition coefficient (Wildman–Crippen LogP) is 4.09. The Morgan fingerprint density at radius 1 is 1.00 bits per heavy atom. The fourth-order valence-electron chi connectivity index (χ4n) is 5.95. The fraction of sp³-hybridized carbons (Fsp3) is 0.552. The number of amides is 1. The highest BCUT2D eigenvalue weighted by molar-refractivity contribution is 7.88. The van der Waals surface area contributed by atoms with Gasteiger partial charge in [-0.05, 0) is 111 Å². The highest BCUT2D eigenvalue weighted by Crippen LogP contribution is 2.37. The summed E-state index contributed by atoms with van der Waals surface area (Å²) in [5, 5.41) is 2.70. The largest absolute Gasteiger partial charge is 0.326 e. The maximum Gasteiger partial charge on any atom is 0.221 e. The number of sulfonamides is 1. The van der Waals surface area contributed by atoms with Crippen molar-refractivity contribution in [2.45, 2.75) is 49.8 Å². The van der Waals surface area contributed by atoms with Crippen molar-refractivity contribution in [2.75, 3.05) is 50.8 Å². The van der Waals surface area contributed by atoms with Crippen molar-refractivity contribution in [3.63, 3.8) is 0 Å². The zero-order valence-electron chi connectivity index (χ0n) is 23.7. The van der Waals surface area contributed by atoms with Gasteiger partial charge >= 0.3 is 0 Å². The van der Waals surface area contributed by atoms with Crippen LogP contribution in [0.25, 0.3) is 0 Å². The normalized spacial score (nSPS) is 19.6. The molecule has 12 heteroatoms. The summed E-state index contributed by atoms with van der Waals surface area (Å²) >= 11 is 0. The first-order valence-corrected chi connectivity index (χ1v) is 17.1. The predicted molar refractivity (Wildman–Crippen MR) is 157 cm³/mol. The molecule has 0 saturated carbocycles. The molecular weight excluding hydrogens is 570 g/mol. The zero-order valence-corrected chi connectivity index (χ0v) is 25.3. The second-order valence-electron chi connectivity index (χ2n) is 11.2. The molecule has 0 radical (unpaired) electrons. The molecule has 0 aromatic heterocycles. The Morgan fingerprint density at radius 3 is 2.17 bits per heavy atom. The van der Waals surface area contributed by atoms with Crippen LogP contribution in [0.15, 0.2) is 47.4 Å². The molecule has 2 aliphatic rings. The van der Waals surface area contributed by atoms with Gasteiger partial charge in [0.05, 0.1) is 11.2 Å². The van der Waals surface area contributed by atoms with E-state index in [9.17, 15) is 26.2 Å². The molecule has 2 aromatic carbocycles. The molecule has 4 rings (SSSR count). The van der Waals surface area contributed by atoms with E-state index < -0.39 is 32.6 Å². The SMILES string of the molecule is CC(=O)Nc1ccc(S(=O)NCC2CCN(CCC(c3cc(F)cc(F)c3)C3CCN(S(C)(=O)=O)CC3)CC2)cc1. The van der Waals surface area contributed by atoms with E-state index in [0.29, 0.717) is 54.5 Å². The number of carbonyl (C=O) groups is 1. The van der Waals surface area contributed by atoms with Crippen molar-refractivity contribution in [1.82, 2.24) is 13.9 Å². The summed E-state index contributed by atoms with van der Waals surface area (Å²) in [5.41, 5.74) is 1.31. The van der Waals surface area contributed by atoms with E-state index in [0.717, 1.165) is 45.0 Å². The number of hydrogen-bond acceptors (Lipinski definition) is 5. The van der Waals surface area contributed by atoms with Crippen molar-refractivity contribution >= 4 is 32.6 Å². The quantitative estimate of drug-likeness (QED) is 0.400. The van der Waals surface area contributed by atoms with Gasteiger partial charge in [-0.3, -0.25) is 4.79 Å². The first-order valence-electron chi connectivity index (χ1n) is 14.1. The maximum absolute atomic E-state index is 14.1. The van der Waals surface area contributed by atoms with Crippen LogP contribution < -0.4 is 10.0 Å². The van der Waals surface area contributed by atoms with Gasteiger partial charge in [0.15, 0.2) is 0 Å². The number of rotatable bonds is 11. The number of likely N-dealkylation sites (tertiary alicyclic amines) is 1. The van der Waals surface area contributed by atoms with E-state index in [2.05, 4.69) is 14.9 Å². The third-order valence-electron chi connectivity index (χ3n) is 8.21. The van der Waals surface area contributed by atoms with Gasteiger partial charge in [-0.25, -0.2) is 30.4 Å². The van der Waals surface area contributed by atoms with Crippen molar-refractivity contribution in [3.05, 3.63) is 59.7 Å². The molecular formula is C29H40F2N4O4S2. The van der Waals surface area contributed by atoms with Gasteiger partial charge in [0.25, 0.3) is 0 Å². The van der Waals surface area contributed by atoms with Gasteiger partial charge in [0.2, 0.25) is 15.9 Å². The van der Waals surface area contributed by atoms with Crippen LogP contribution in [0.1, 0.15) is 50.5 Å². The average molecular weight is 611 g/mol. The Kier molecular flexibility index (Phi) is 11.0. The Labute approximate surface area is 244 Å². The van der Waals surface area contributed by atoms with Gasteiger partial charge < -0.3 is 10.2 Å². The highest BCUT2D eigenvalue weighted by atomic mass is 32.2. The third kappa shape index (κ3) is 9.37. The van der Waals surface area contributed by atoms with Crippen LogP contribution in [-0.2, 0) is 25.8 Å². The minimum absolute atomic E-state index is 0.0549. The maximum atomic E-state index is 14.1. The number of nitrogens with one attached hydrogen (secondary N) is 2. The molecule has 2 atom stereocenters. The minimum atomic E-state index is -3.25. The first-order chi connectivity index (χ1) is 19.5. The molecule has 0 spiro atoms. The van der Waals surface area contributed by atoms with Crippen LogP contribution in [0.3, 0.4) is 0 Å². The summed E-state index contributed by atoms with van der Waals surface area (Å²) < 4.78 is 69.5. The van der Waals surface area contributed by atoms with Gasteiger partial charge in [0.1, 0.15) is 22.6 Å². The Morgan fingerprint density at radius 2 is 1.61 bits per heavy atom. The Balaban J connectivity index is 1.27. The number of halogens is 2. The summed E-state index contributed by atoms with van der Waals surface area (Å²) in [6.07, 6.45) is 5.20. The number of nitrogens with zero attached hydrogens (tertiary/aromatic N) is 2. The van der Waals surface area contributed by atoms with Gasteiger partial charge in [-0.1, -0.05) is 0 Å². The molecule has 2 aromatic rings. The molecule has 2 aliphatic heterocycles. The second kappa shape index (κ2) is 14.3. The van der Waals surface area contributed by atoms with Crippen LogP contribution >= 0.6 is 0 Å². The van der Waals surface area contributed by atoms with Crippen LogP contribution in [-0.4, -0.2) is 73.3 Å². The second-order valence-corrected chi connectivity index (χ2v) is 14.5. The van der Waals surface area contributed by atoms with Crippen molar-refractivity contribution in [3.8, 4) is 0 Å². The summed E-state index contributed by atoms with van der Waals surface area (Å²) in [7, 11) is -4.59. The van der Waals surface area contributed by atoms with Crippen molar-refractivity contribution in [2.24, 2.45) is 11.8 Å². The standard InChI is InChI=1S/C29H40F2N4O4S2/c1-21(36)33-27-3-5-28(6-4-27)40(37)32-20-22-7-12-34(13-8-22)14-11-29(24-17-25(30)19-26(31)18-24)23-9-15-35(16-10-23)41(2,38)39/h3-6,17-19,22-23,29,32H,7-16,20H2,1-2H3,(H,33,36). The van der Waals surface area contributed by atoms with Crippen LogP contribution in [0, 0.1) is 23.5 Å². The lowest BCUT2D eigenvalue weighted by molar-refractivity contribution is -0.114. The smallest absolute Gasteiger partial charge is 0.221 e. The topological polar surface area (TPSA) is 98.8 Å². The third-order valence-corrected chi connectivity index (χ3v) is 10.6. The summed E-state index contributed by atoms with van der Waals surface area (Å²) in [4.78, 5) is 14.2. The van der Waals surface area contributed by atoms with Crippen LogP contribution in [0.2, 0.25) is 0 Å². The summed E-state index contributed by atoms with van der Waals surface area (Å²) in [6, 6.07) is 10.7. The van der Waals surface area contributed by atoms with E-state index in [1.807, 2.05) is 0 Å². The Bertz CT molecular complexity index is 1290. The molecule has 2 heterocycles. The van der Waals surface area contributed by atoms with E-state index >= 15 is 0 Å². The number of carbonyl (C=O) groups excluding carboxylic acids is 1. The van der Waals surface area contributed by atoms with E-state index in [4.69, 9.17) is 0 Å².